The molecule has 1 aliphatic rings. The van der Waals surface area contributed by atoms with E-state index in [2.05, 4.69) is 80.4 Å². The molecule has 2 aromatic rings. The lowest BCUT2D eigenvalue weighted by atomic mass is 10.1. The van der Waals surface area contributed by atoms with Gasteiger partial charge in [-0.15, -0.1) is 0 Å². The van der Waals surface area contributed by atoms with E-state index in [1.54, 1.807) is 0 Å². The predicted molar refractivity (Wildman–Crippen MR) is 94.9 cm³/mol. The molecule has 0 unspecified atom stereocenters. The minimum atomic E-state index is 1.14. The molecular formula is C18H20Br2N+. The van der Waals surface area contributed by atoms with Gasteiger partial charge in [-0.05, 0) is 24.3 Å². The number of quaternary nitrogens is 1. The minimum Gasteiger partial charge on any atom is -0.316 e. The normalized spacial score (nSPS) is 17.0. The summed E-state index contributed by atoms with van der Waals surface area (Å²) >= 11 is 7.05. The minimum absolute atomic E-state index is 1.14. The highest BCUT2D eigenvalue weighted by Gasteiger charge is 2.32. The van der Waals surface area contributed by atoms with Crippen LogP contribution in [0.1, 0.15) is 24.0 Å². The van der Waals surface area contributed by atoms with Gasteiger partial charge in [0.1, 0.15) is 13.1 Å². The Balaban J connectivity index is 1.79. The van der Waals surface area contributed by atoms with E-state index in [-0.39, 0.29) is 0 Å². The fourth-order valence-corrected chi connectivity index (χ4v) is 3.86. The molecule has 1 saturated heterocycles. The van der Waals surface area contributed by atoms with Crippen LogP contribution < -0.4 is 0 Å². The van der Waals surface area contributed by atoms with Crippen LogP contribution in [0.3, 0.4) is 0 Å². The molecule has 0 radical (unpaired) electrons. The van der Waals surface area contributed by atoms with Gasteiger partial charge in [0.25, 0.3) is 0 Å². The Morgan fingerprint density at radius 1 is 0.667 bits per heavy atom. The highest BCUT2D eigenvalue weighted by Crippen LogP contribution is 2.27. The van der Waals surface area contributed by atoms with Crippen molar-refractivity contribution in [2.75, 3.05) is 13.1 Å². The van der Waals surface area contributed by atoms with Crippen LogP contribution in [0.5, 0.6) is 0 Å². The molecule has 1 heterocycles. The molecule has 1 nitrogen and oxygen atoms in total. The van der Waals surface area contributed by atoms with E-state index in [1.165, 1.54) is 41.5 Å². The maximum atomic E-state index is 3.52. The lowest BCUT2D eigenvalue weighted by molar-refractivity contribution is -0.942. The number of hydrogen-bond donors (Lipinski definition) is 0. The molecule has 1 fully saturated rings. The summed E-state index contributed by atoms with van der Waals surface area (Å²) in [7, 11) is 0. The van der Waals surface area contributed by atoms with Gasteiger partial charge in [-0.2, -0.15) is 0 Å². The molecule has 0 atom stereocenters. The van der Waals surface area contributed by atoms with Crippen molar-refractivity contribution in [3.8, 4) is 0 Å². The summed E-state index contributed by atoms with van der Waals surface area (Å²) in [6.07, 6.45) is 2.71. The van der Waals surface area contributed by atoms with Crippen molar-refractivity contribution in [2.45, 2.75) is 25.9 Å². The second-order valence-electron chi connectivity index (χ2n) is 6.07. The summed E-state index contributed by atoms with van der Waals surface area (Å²) in [6.45, 7) is 4.88. The first-order valence-corrected chi connectivity index (χ1v) is 9.08. The van der Waals surface area contributed by atoms with Gasteiger partial charge in [-0.25, -0.2) is 0 Å². The number of rotatable bonds is 4. The number of benzene rings is 2. The van der Waals surface area contributed by atoms with Crippen LogP contribution in [0.2, 0.25) is 0 Å². The lowest BCUT2D eigenvalue weighted by Crippen LogP contribution is -2.43. The van der Waals surface area contributed by atoms with Crippen LogP contribution in [0, 0.1) is 0 Å². The second-order valence-corrected chi connectivity index (χ2v) is 7.90. The van der Waals surface area contributed by atoms with Gasteiger partial charge in [-0.1, -0.05) is 56.1 Å². The first kappa shape index (κ1) is 15.3. The first-order chi connectivity index (χ1) is 10.2. The number of nitrogens with zero attached hydrogens (tertiary/aromatic N) is 1. The molecule has 3 rings (SSSR count). The second kappa shape index (κ2) is 6.64. The molecule has 0 saturated carbocycles. The molecule has 110 valence electrons. The summed E-state index contributed by atoms with van der Waals surface area (Å²) in [5.41, 5.74) is 2.88. The fourth-order valence-electron chi connectivity index (χ4n) is 3.33. The molecule has 0 spiro atoms. The molecule has 21 heavy (non-hydrogen) atoms. The Kier molecular flexibility index (Phi) is 4.82. The summed E-state index contributed by atoms with van der Waals surface area (Å²) in [6, 6.07) is 17.6. The monoisotopic (exact) mass is 408 g/mol. The van der Waals surface area contributed by atoms with Gasteiger partial charge in [0, 0.05) is 32.9 Å². The average molecular weight is 410 g/mol. The zero-order chi connectivity index (χ0) is 14.7. The van der Waals surface area contributed by atoms with Crippen LogP contribution in [0.25, 0.3) is 0 Å². The molecule has 0 amide bonds. The van der Waals surface area contributed by atoms with E-state index in [0.717, 1.165) is 22.0 Å². The van der Waals surface area contributed by atoms with E-state index in [0.29, 0.717) is 0 Å². The van der Waals surface area contributed by atoms with Crippen molar-refractivity contribution in [3.05, 3.63) is 68.6 Å². The molecule has 3 heteroatoms. The van der Waals surface area contributed by atoms with Crippen molar-refractivity contribution in [1.82, 2.24) is 0 Å². The highest BCUT2D eigenvalue weighted by atomic mass is 79.9. The van der Waals surface area contributed by atoms with Gasteiger partial charge in [0.15, 0.2) is 0 Å². The molecule has 0 aliphatic carbocycles. The van der Waals surface area contributed by atoms with Gasteiger partial charge in [0.05, 0.1) is 13.1 Å². The maximum absolute atomic E-state index is 3.52. The highest BCUT2D eigenvalue weighted by molar-refractivity contribution is 9.10. The first-order valence-electron chi connectivity index (χ1n) is 7.49. The van der Waals surface area contributed by atoms with Crippen molar-refractivity contribution >= 4 is 31.9 Å². The zero-order valence-corrected chi connectivity index (χ0v) is 15.2. The van der Waals surface area contributed by atoms with Crippen LogP contribution >= 0.6 is 31.9 Å². The van der Waals surface area contributed by atoms with Crippen LogP contribution in [-0.4, -0.2) is 17.6 Å². The molecular weight excluding hydrogens is 390 g/mol. The van der Waals surface area contributed by atoms with Crippen LogP contribution in [0.4, 0.5) is 0 Å². The Hall–Kier alpha value is -0.640. The maximum Gasteiger partial charge on any atom is 0.105 e. The third kappa shape index (κ3) is 3.97. The molecule has 1 aliphatic heterocycles. The molecule has 0 aromatic heterocycles. The number of likely N-dealkylation sites (tertiary alicyclic amines) is 1. The van der Waals surface area contributed by atoms with Crippen LogP contribution in [0.15, 0.2) is 57.5 Å². The Morgan fingerprint density at radius 3 is 1.43 bits per heavy atom. The Labute approximate surface area is 143 Å². The SMILES string of the molecule is Brc1ccc(C[N+]2(Cc3ccc(Br)cc3)CCCC2)cc1. The number of hydrogen-bond acceptors (Lipinski definition) is 0. The zero-order valence-electron chi connectivity index (χ0n) is 12.1. The van der Waals surface area contributed by atoms with Gasteiger partial charge >= 0.3 is 0 Å². The Bertz CT molecular complexity index is 534. The van der Waals surface area contributed by atoms with E-state index >= 15 is 0 Å². The summed E-state index contributed by atoms with van der Waals surface area (Å²) in [5.74, 6) is 0. The summed E-state index contributed by atoms with van der Waals surface area (Å²) < 4.78 is 3.52. The summed E-state index contributed by atoms with van der Waals surface area (Å²) in [5, 5.41) is 0. The van der Waals surface area contributed by atoms with Gasteiger partial charge < -0.3 is 4.48 Å². The standard InChI is InChI=1S/C18H20Br2N/c19-17-7-3-15(4-8-17)13-21(11-1-2-12-21)14-16-5-9-18(20)10-6-16/h3-10H,1-2,11-14H2/q+1. The lowest BCUT2D eigenvalue weighted by Gasteiger charge is -2.34. The van der Waals surface area contributed by atoms with Gasteiger partial charge in [0.2, 0.25) is 0 Å². The third-order valence-electron chi connectivity index (χ3n) is 4.38. The van der Waals surface area contributed by atoms with E-state index in [9.17, 15) is 0 Å². The van der Waals surface area contributed by atoms with E-state index in [1.807, 2.05) is 0 Å². The molecule has 0 bridgehead atoms. The van der Waals surface area contributed by atoms with E-state index < -0.39 is 0 Å². The quantitative estimate of drug-likeness (QED) is 0.583. The molecule has 0 N–H and O–H groups in total. The fraction of sp³-hybridized carbons (Fsp3) is 0.333. The smallest absolute Gasteiger partial charge is 0.105 e. The van der Waals surface area contributed by atoms with Crippen LogP contribution in [-0.2, 0) is 13.1 Å². The van der Waals surface area contributed by atoms with Crippen molar-refractivity contribution < 1.29 is 4.48 Å². The van der Waals surface area contributed by atoms with Crippen molar-refractivity contribution in [3.63, 3.8) is 0 Å². The third-order valence-corrected chi connectivity index (χ3v) is 5.43. The number of halogens is 2. The average Bonchev–Trinajstić information content (AvgIpc) is 2.92. The molecule has 2 aromatic carbocycles. The largest absolute Gasteiger partial charge is 0.316 e. The van der Waals surface area contributed by atoms with Crippen molar-refractivity contribution in [1.29, 1.82) is 0 Å². The Morgan fingerprint density at radius 2 is 1.05 bits per heavy atom. The van der Waals surface area contributed by atoms with E-state index in [4.69, 9.17) is 0 Å². The van der Waals surface area contributed by atoms with Gasteiger partial charge in [-0.3, -0.25) is 0 Å². The summed E-state index contributed by atoms with van der Waals surface area (Å²) in [4.78, 5) is 0. The predicted octanol–water partition coefficient (Wildman–Crippen LogP) is 5.52. The topological polar surface area (TPSA) is 0 Å². The van der Waals surface area contributed by atoms with Crippen molar-refractivity contribution in [2.24, 2.45) is 0 Å².